The number of rotatable bonds is 33. The van der Waals surface area contributed by atoms with Crippen LogP contribution >= 0.6 is 0 Å². The monoisotopic (exact) mass is 1980 g/mol. The molecule has 0 spiro atoms. The van der Waals surface area contributed by atoms with Gasteiger partial charge in [-0.2, -0.15) is 9.15 Å². The van der Waals surface area contributed by atoms with Crippen LogP contribution in [0.4, 0.5) is 45.5 Å². The van der Waals surface area contributed by atoms with Gasteiger partial charge in [0.2, 0.25) is 11.4 Å². The van der Waals surface area contributed by atoms with E-state index in [0.717, 1.165) is 49.9 Å². The fourth-order valence-corrected chi connectivity index (χ4v) is 26.4. The molecule has 4 unspecified atom stereocenters. The first-order valence-corrected chi connectivity index (χ1v) is 56.9. The Morgan fingerprint density at radius 3 is 1.11 bits per heavy atom. The zero-order chi connectivity index (χ0) is 106. The van der Waals surface area contributed by atoms with Crippen molar-refractivity contribution >= 4 is 78.5 Å². The molecule has 2 N–H and O–H groups in total. The van der Waals surface area contributed by atoms with Gasteiger partial charge >= 0.3 is 0 Å². The summed E-state index contributed by atoms with van der Waals surface area (Å²) in [5, 5.41) is 5.40. The summed E-state index contributed by atoms with van der Waals surface area (Å²) >= 11 is 0. The summed E-state index contributed by atoms with van der Waals surface area (Å²) in [6, 6.07) is 81.4. The molecule has 8 aliphatic heterocycles. The van der Waals surface area contributed by atoms with Crippen LogP contribution in [-0.4, -0.2) is 86.0 Å². The largest absolute Gasteiger partial charge is 0.347 e. The van der Waals surface area contributed by atoms with E-state index in [1.807, 2.05) is 0 Å². The topological polar surface area (TPSA) is 27.9 Å². The molecule has 10 aromatic rings. The molecule has 0 amide bonds. The molecule has 0 radical (unpaired) electrons. The van der Waals surface area contributed by atoms with Crippen molar-refractivity contribution in [3.8, 4) is 0 Å². The molecule has 0 fully saturated rings. The van der Waals surface area contributed by atoms with Crippen LogP contribution in [0.3, 0.4) is 0 Å². The van der Waals surface area contributed by atoms with Crippen molar-refractivity contribution in [3.05, 3.63) is 395 Å². The summed E-state index contributed by atoms with van der Waals surface area (Å²) in [4.78, 5) is 12.9. The summed E-state index contributed by atoms with van der Waals surface area (Å²) in [5.74, 6) is 3.10. The van der Waals surface area contributed by atoms with Crippen LogP contribution in [0.25, 0.3) is 21.5 Å². The maximum absolute atomic E-state index is 2.63. The van der Waals surface area contributed by atoms with E-state index in [1.165, 1.54) is 236 Å². The number of fused-ring (bicyclic) bond motifs is 12. The maximum atomic E-state index is 2.63. The lowest BCUT2D eigenvalue weighted by molar-refractivity contribution is -0.850. The third-order valence-corrected chi connectivity index (χ3v) is 34.4. The van der Waals surface area contributed by atoms with Gasteiger partial charge in [-0.05, 0) is 254 Å². The Kier molecular flexibility index (Phi) is 35.0. The van der Waals surface area contributed by atoms with Crippen molar-refractivity contribution in [1.82, 2.24) is 0 Å². The molecule has 0 bridgehead atoms. The molecule has 18 rings (SSSR count). The number of para-hydroxylation sites is 6. The summed E-state index contributed by atoms with van der Waals surface area (Å²) < 4.78 is 5.22. The molecule has 0 aromatic heterocycles. The Morgan fingerprint density at radius 2 is 0.642 bits per heavy atom. The molecule has 8 aliphatic rings. The first kappa shape index (κ1) is 110. The number of hydrogen-bond donors (Lipinski definition) is 2. The summed E-state index contributed by atoms with van der Waals surface area (Å²) in [6.07, 6.45) is 56.6. The van der Waals surface area contributed by atoms with Gasteiger partial charge in [-0.3, -0.25) is 9.80 Å². The van der Waals surface area contributed by atoms with Crippen molar-refractivity contribution in [3.63, 3.8) is 0 Å². The third kappa shape index (κ3) is 22.7. The molecule has 778 valence electrons. The predicted octanol–water partition coefficient (Wildman–Crippen LogP) is 33.4. The Morgan fingerprint density at radius 1 is 0.291 bits per heavy atom. The zero-order valence-corrected chi connectivity index (χ0v) is 96.1. The van der Waals surface area contributed by atoms with Crippen LogP contribution < -0.4 is 29.4 Å². The molecule has 8 nitrogen and oxygen atoms in total. The van der Waals surface area contributed by atoms with Gasteiger partial charge in [-0.1, -0.05) is 361 Å². The first-order valence-electron chi connectivity index (χ1n) is 56.9. The number of anilines is 4. The van der Waals surface area contributed by atoms with Crippen LogP contribution in [0.2, 0.25) is 0 Å². The minimum atomic E-state index is -0.0854. The first-order chi connectivity index (χ1) is 70.7. The normalized spacial score (nSPS) is 21.1. The molecular formula is C140H182N8+4. The second-order valence-electron chi connectivity index (χ2n) is 49.3. The lowest BCUT2D eigenvalue weighted by atomic mass is 9.79. The molecule has 10 aromatic carbocycles. The van der Waals surface area contributed by atoms with E-state index in [1.54, 1.807) is 9.80 Å². The summed E-state index contributed by atoms with van der Waals surface area (Å²) in [6.45, 7) is 67.6. The average molecular weight is 1980 g/mol. The van der Waals surface area contributed by atoms with Crippen LogP contribution in [0.5, 0.6) is 0 Å². The maximum Gasteiger partial charge on any atom is 0.210 e. The SMILES string of the molecule is CC(C)CCC[NH+]1c2ccccc2C(C)(C)C1/C=C/C=C/C=C/C=C1/N(C)c2ccccc2C1(C)C.CC(C)CCC[NH+]1c2ccccc2C(C)(C)C1/C=C/C=C/C=C1/N(C)c2ccccc2C1(C)C.CCN1/C(=C/C=C/C2=[N+](CCCCCC(C)C)c3ccc4ccccc4c3C2(C)C)C(C)(C)c2c1ccc1ccccc21.CCN1/C(=C/C=C/C2=[N+](CCCCCC(C)C)c3ccccc3C2(C)C)C(C)(C)c2ccccc21. The number of likely N-dealkylation sites (N-methyl/N-ethyl adjacent to an activating group) is 4. The minimum Gasteiger partial charge on any atom is -0.347 e. The Labute approximate surface area is 895 Å². The number of allylic oxidation sites excluding steroid dienone is 20. The molecule has 8 heteroatoms. The average Bonchev–Trinajstić information content (AvgIpc) is 1.56. The molecule has 4 atom stereocenters. The van der Waals surface area contributed by atoms with E-state index in [4.69, 9.17) is 0 Å². The fourth-order valence-electron chi connectivity index (χ4n) is 26.4. The molecule has 0 saturated carbocycles. The van der Waals surface area contributed by atoms with Gasteiger partial charge in [-0.15, -0.1) is 0 Å². The number of unbranched alkanes of at least 4 members (excludes halogenated alkanes) is 4. The molecule has 0 aliphatic carbocycles. The van der Waals surface area contributed by atoms with Gasteiger partial charge in [0, 0.05) is 154 Å². The van der Waals surface area contributed by atoms with E-state index in [-0.39, 0.29) is 43.3 Å². The van der Waals surface area contributed by atoms with Gasteiger partial charge in [0.15, 0.2) is 11.4 Å². The van der Waals surface area contributed by atoms with E-state index >= 15 is 0 Å². The summed E-state index contributed by atoms with van der Waals surface area (Å²) in [5.41, 5.74) is 31.0. The standard InChI is InChI=1S/C41H49N2.C34H44N2.C33H45N2.C32H42N2/c1-8-42-34-26-24-30-18-11-13-20-32(30)38(34)40(4,5)36(42)22-16-23-37-41(6,7)39-33-21-14-12-19-31(33)25-27-35(39)43(37)28-15-9-10-17-29(2)3;1-26(2)18-17-25-36-30-22-16-14-20-28(30)34(5,6)32(36)24-12-10-8-9-11-23-31-33(3,4)27-19-13-15-21-29(27)35(31)7;1-8-34-28-20-13-11-18-26(28)32(4,5)30(34)22-16-23-31-33(6,7)27-19-12-14-21-29(27)35(31)24-15-9-10-17-25(2)3;1-24(2)16-15-23-34-28-20-14-12-18-26(28)32(5,6)30(34)22-10-8-9-21-29-31(3,4)25-17-11-13-19-27(25)33(29)7/h11-14,16,18-27,29H,8-10,15,17,28H2,1-7H3;8-16,19-24,26,32H,17-18,25H2,1-7H3;11-14,16,18-23,25H,8-10,15,17,24H2,1-7H3;8-14,17-22,24,30H,15-16,23H2,1-7H3/q+1;;+1;/p+2/b;10-8+,11-9+,24-12+,31-23+;;9-8+,22-10+,29-21+. The van der Waals surface area contributed by atoms with Crippen LogP contribution in [0.15, 0.2) is 351 Å². The van der Waals surface area contributed by atoms with E-state index in [0.29, 0.717) is 12.1 Å². The van der Waals surface area contributed by atoms with E-state index in [2.05, 4.69) is 551 Å². The van der Waals surface area contributed by atoms with Crippen LogP contribution in [0, 0.1) is 23.7 Å². The molecule has 148 heavy (non-hydrogen) atoms. The smallest absolute Gasteiger partial charge is 0.210 e. The highest BCUT2D eigenvalue weighted by molar-refractivity contribution is 6.08. The second-order valence-corrected chi connectivity index (χ2v) is 49.3. The van der Waals surface area contributed by atoms with Gasteiger partial charge in [-0.25, -0.2) is 0 Å². The third-order valence-electron chi connectivity index (χ3n) is 34.4. The Balaban J connectivity index is 0.000000148. The number of benzene rings is 10. The van der Waals surface area contributed by atoms with Gasteiger partial charge < -0.3 is 19.6 Å². The molecule has 8 heterocycles. The minimum absolute atomic E-state index is 0.00212. The second kappa shape index (κ2) is 46.8. The number of nitrogens with zero attached hydrogens (tertiary/aromatic N) is 6. The van der Waals surface area contributed by atoms with E-state index < -0.39 is 0 Å². The number of quaternary nitrogens is 2. The van der Waals surface area contributed by atoms with Crippen LogP contribution in [-0.2, 0) is 43.3 Å². The van der Waals surface area contributed by atoms with Crippen molar-refractivity contribution in [2.24, 2.45) is 23.7 Å². The van der Waals surface area contributed by atoms with Gasteiger partial charge in [0.05, 0.1) is 34.7 Å². The zero-order valence-electron chi connectivity index (χ0n) is 96.1. The highest BCUT2D eigenvalue weighted by atomic mass is 15.2. The fraction of sp³-hybridized carbons (Fsp3) is 0.429. The van der Waals surface area contributed by atoms with Gasteiger partial charge in [0.25, 0.3) is 0 Å². The van der Waals surface area contributed by atoms with Gasteiger partial charge in [0.1, 0.15) is 36.5 Å². The summed E-state index contributed by atoms with van der Waals surface area (Å²) in [7, 11) is 4.35. The highest BCUT2D eigenvalue weighted by Crippen LogP contribution is 2.54. The quantitative estimate of drug-likeness (QED) is 0.0244. The molecule has 0 saturated heterocycles. The Hall–Kier alpha value is -11.7. The van der Waals surface area contributed by atoms with Crippen molar-refractivity contribution in [1.29, 1.82) is 0 Å². The van der Waals surface area contributed by atoms with Crippen molar-refractivity contribution in [2.45, 2.75) is 312 Å². The Bertz CT molecular complexity index is 6780. The number of nitrogens with one attached hydrogen (secondary N) is 2. The van der Waals surface area contributed by atoms with Crippen molar-refractivity contribution < 1.29 is 19.0 Å². The molecular weight excluding hydrogens is 1790 g/mol. The van der Waals surface area contributed by atoms with Crippen molar-refractivity contribution in [2.75, 3.05) is 73.0 Å². The number of hydrogen-bond acceptors (Lipinski definition) is 4. The van der Waals surface area contributed by atoms with Crippen LogP contribution in [0.1, 0.15) is 302 Å². The lowest BCUT2D eigenvalue weighted by Gasteiger charge is -2.27. The highest BCUT2D eigenvalue weighted by Gasteiger charge is 2.52. The lowest BCUT2D eigenvalue weighted by Crippen LogP contribution is -3.10. The van der Waals surface area contributed by atoms with E-state index in [9.17, 15) is 0 Å². The predicted molar refractivity (Wildman–Crippen MR) is 643 cm³/mol.